The Balaban J connectivity index is 1.93. The number of ether oxygens (including phenoxy) is 1. The molecule has 2 rings (SSSR count). The van der Waals surface area contributed by atoms with E-state index < -0.39 is 35.4 Å². The van der Waals surface area contributed by atoms with E-state index in [2.05, 4.69) is 10.9 Å². The summed E-state index contributed by atoms with van der Waals surface area (Å²) in [7, 11) is 0. The summed E-state index contributed by atoms with van der Waals surface area (Å²) < 4.78 is 4.99. The van der Waals surface area contributed by atoms with Crippen LogP contribution in [0.25, 0.3) is 0 Å². The monoisotopic (exact) mass is 296 g/mol. The van der Waals surface area contributed by atoms with Crippen LogP contribution >= 0.6 is 0 Å². The van der Waals surface area contributed by atoms with Gasteiger partial charge in [0, 0.05) is 0 Å². The smallest absolute Gasteiger partial charge is 0.426 e. The Morgan fingerprint density at radius 1 is 1.10 bits per heavy atom. The number of carbonyl (C=O) groups is 3. The minimum Gasteiger partial charge on any atom is -0.481 e. The number of carboxylic acid groups (broad SMARTS) is 1. The van der Waals surface area contributed by atoms with Crippen LogP contribution in [0.5, 0.6) is 0 Å². The Labute approximate surface area is 122 Å². The highest BCUT2D eigenvalue weighted by molar-refractivity contribution is 5.87. The predicted octanol–water partition coefficient (Wildman–Crippen LogP) is 1.07. The molecule has 2 amide bonds. The van der Waals surface area contributed by atoms with Crippen molar-refractivity contribution in [3.05, 3.63) is 12.2 Å². The zero-order valence-corrected chi connectivity index (χ0v) is 12.3. The summed E-state index contributed by atoms with van der Waals surface area (Å²) >= 11 is 0. The van der Waals surface area contributed by atoms with Crippen molar-refractivity contribution in [1.82, 2.24) is 10.9 Å². The first kappa shape index (κ1) is 15.3. The van der Waals surface area contributed by atoms with Crippen molar-refractivity contribution in [2.45, 2.75) is 32.8 Å². The summed E-state index contributed by atoms with van der Waals surface area (Å²) in [6.45, 7) is 5.11. The lowest BCUT2D eigenvalue weighted by Gasteiger charge is -2.24. The lowest BCUT2D eigenvalue weighted by molar-refractivity contribution is -0.148. The van der Waals surface area contributed by atoms with Gasteiger partial charge >= 0.3 is 12.1 Å². The molecule has 2 aliphatic rings. The van der Waals surface area contributed by atoms with Crippen molar-refractivity contribution >= 4 is 18.0 Å². The van der Waals surface area contributed by atoms with Gasteiger partial charge in [0.05, 0.1) is 11.8 Å². The van der Waals surface area contributed by atoms with Crippen LogP contribution < -0.4 is 10.9 Å². The van der Waals surface area contributed by atoms with Crippen molar-refractivity contribution in [2.24, 2.45) is 23.7 Å². The van der Waals surface area contributed by atoms with E-state index in [1.165, 1.54) is 0 Å². The number of fused-ring (bicyclic) bond motifs is 2. The fourth-order valence-electron chi connectivity index (χ4n) is 3.02. The first-order valence-corrected chi connectivity index (χ1v) is 6.89. The predicted molar refractivity (Wildman–Crippen MR) is 72.9 cm³/mol. The Bertz CT molecular complexity index is 494. The van der Waals surface area contributed by atoms with E-state index >= 15 is 0 Å². The third-order valence-electron chi connectivity index (χ3n) is 3.73. The quantitative estimate of drug-likeness (QED) is 0.522. The second-order valence-electron chi connectivity index (χ2n) is 6.45. The van der Waals surface area contributed by atoms with Crippen molar-refractivity contribution in [3.8, 4) is 0 Å². The molecule has 0 aromatic carbocycles. The van der Waals surface area contributed by atoms with Gasteiger partial charge in [-0.1, -0.05) is 12.2 Å². The molecule has 1 saturated carbocycles. The summed E-state index contributed by atoms with van der Waals surface area (Å²) in [6.07, 6.45) is 3.62. The standard InChI is InChI=1S/C14H20N2O5/c1-14(2,3)21-13(20)16-15-11(17)9-7-4-5-8(6-7)10(9)12(18)19/h4-5,7-10H,6H2,1-3H3,(H,15,17)(H,16,20)(H,18,19)/t7-,8-,9-,10-/m0/s1. The summed E-state index contributed by atoms with van der Waals surface area (Å²) in [4.78, 5) is 34.9. The Morgan fingerprint density at radius 2 is 1.67 bits per heavy atom. The minimum atomic E-state index is -0.982. The molecule has 2 bridgehead atoms. The molecule has 21 heavy (non-hydrogen) atoms. The van der Waals surface area contributed by atoms with E-state index in [4.69, 9.17) is 4.74 Å². The van der Waals surface area contributed by atoms with Gasteiger partial charge in [0.15, 0.2) is 0 Å². The van der Waals surface area contributed by atoms with E-state index in [-0.39, 0.29) is 11.8 Å². The van der Waals surface area contributed by atoms with Crippen molar-refractivity contribution < 1.29 is 24.2 Å². The van der Waals surface area contributed by atoms with Gasteiger partial charge in [-0.25, -0.2) is 10.2 Å². The fourth-order valence-corrected chi connectivity index (χ4v) is 3.02. The molecular formula is C14H20N2O5. The largest absolute Gasteiger partial charge is 0.481 e. The number of hydrazine groups is 1. The third-order valence-corrected chi connectivity index (χ3v) is 3.73. The van der Waals surface area contributed by atoms with E-state index in [0.29, 0.717) is 6.42 Å². The molecule has 0 aromatic rings. The highest BCUT2D eigenvalue weighted by Gasteiger charge is 2.51. The van der Waals surface area contributed by atoms with E-state index in [0.717, 1.165) is 0 Å². The number of hydrogen-bond donors (Lipinski definition) is 3. The molecule has 0 unspecified atom stereocenters. The SMILES string of the molecule is CC(C)(C)OC(=O)NNC(=O)[C@@H]1[C@@H](C(=O)O)[C@H]2C=C[C@H]1C2. The van der Waals surface area contributed by atoms with E-state index in [1.807, 2.05) is 12.2 Å². The minimum absolute atomic E-state index is 0.0865. The Morgan fingerprint density at radius 3 is 2.19 bits per heavy atom. The van der Waals surface area contributed by atoms with Crippen LogP contribution in [0.4, 0.5) is 4.79 Å². The van der Waals surface area contributed by atoms with Gasteiger partial charge in [-0.2, -0.15) is 0 Å². The number of carboxylic acids is 1. The second-order valence-corrected chi connectivity index (χ2v) is 6.45. The average molecular weight is 296 g/mol. The lowest BCUT2D eigenvalue weighted by atomic mass is 9.82. The number of amides is 2. The molecule has 0 saturated heterocycles. The van der Waals surface area contributed by atoms with E-state index in [1.54, 1.807) is 20.8 Å². The van der Waals surface area contributed by atoms with E-state index in [9.17, 15) is 19.5 Å². The molecule has 0 aromatic heterocycles. The van der Waals surface area contributed by atoms with Crippen LogP contribution in [0.1, 0.15) is 27.2 Å². The molecule has 2 aliphatic carbocycles. The number of carbonyl (C=O) groups excluding carboxylic acids is 2. The number of hydrogen-bond acceptors (Lipinski definition) is 4. The van der Waals surface area contributed by atoms with Crippen LogP contribution in [0, 0.1) is 23.7 Å². The van der Waals surface area contributed by atoms with Crippen molar-refractivity contribution in [1.29, 1.82) is 0 Å². The molecule has 0 radical (unpaired) electrons. The highest BCUT2D eigenvalue weighted by atomic mass is 16.6. The van der Waals surface area contributed by atoms with Gasteiger partial charge in [0.2, 0.25) is 5.91 Å². The van der Waals surface area contributed by atoms with Gasteiger partial charge < -0.3 is 9.84 Å². The van der Waals surface area contributed by atoms with Crippen LogP contribution in [-0.2, 0) is 14.3 Å². The van der Waals surface area contributed by atoms with Crippen molar-refractivity contribution in [3.63, 3.8) is 0 Å². The number of nitrogens with one attached hydrogen (secondary N) is 2. The lowest BCUT2D eigenvalue weighted by Crippen LogP contribution is -2.49. The van der Waals surface area contributed by atoms with Gasteiger partial charge in [-0.15, -0.1) is 0 Å². The van der Waals surface area contributed by atoms with Gasteiger partial charge in [-0.05, 0) is 39.0 Å². The third kappa shape index (κ3) is 3.34. The first-order valence-electron chi connectivity index (χ1n) is 6.89. The van der Waals surface area contributed by atoms with Gasteiger partial charge in [0.1, 0.15) is 5.60 Å². The molecular weight excluding hydrogens is 276 g/mol. The molecule has 7 heteroatoms. The fraction of sp³-hybridized carbons (Fsp3) is 0.643. The molecule has 116 valence electrons. The van der Waals surface area contributed by atoms with Crippen LogP contribution in [0.15, 0.2) is 12.2 Å². The molecule has 0 heterocycles. The number of allylic oxidation sites excluding steroid dienone is 2. The molecule has 4 atom stereocenters. The molecule has 7 nitrogen and oxygen atoms in total. The topological polar surface area (TPSA) is 105 Å². The molecule has 0 aliphatic heterocycles. The summed E-state index contributed by atoms with van der Waals surface area (Å²) in [5.41, 5.74) is 3.74. The number of aliphatic carboxylic acids is 1. The summed E-state index contributed by atoms with van der Waals surface area (Å²) in [5.74, 6) is -3.07. The van der Waals surface area contributed by atoms with Crippen LogP contribution in [-0.4, -0.2) is 28.7 Å². The zero-order chi connectivity index (χ0) is 15.8. The first-order chi connectivity index (χ1) is 9.69. The average Bonchev–Trinajstić information content (AvgIpc) is 2.93. The van der Waals surface area contributed by atoms with Crippen LogP contribution in [0.2, 0.25) is 0 Å². The van der Waals surface area contributed by atoms with Gasteiger partial charge in [0.25, 0.3) is 0 Å². The Hall–Kier alpha value is -2.05. The second kappa shape index (κ2) is 5.38. The van der Waals surface area contributed by atoms with Crippen molar-refractivity contribution in [2.75, 3.05) is 0 Å². The molecule has 1 fully saturated rings. The maximum atomic E-state index is 12.1. The van der Waals surface area contributed by atoms with Gasteiger partial charge in [-0.3, -0.25) is 15.0 Å². The normalized spacial score (nSPS) is 30.0. The summed E-state index contributed by atoms with van der Waals surface area (Å²) in [5, 5.41) is 9.26. The van der Waals surface area contributed by atoms with Crippen LogP contribution in [0.3, 0.4) is 0 Å². The maximum absolute atomic E-state index is 12.1. The molecule has 3 N–H and O–H groups in total. The highest BCUT2D eigenvalue weighted by Crippen LogP contribution is 2.48. The Kier molecular flexibility index (Phi) is 3.93. The summed E-state index contributed by atoms with van der Waals surface area (Å²) in [6, 6.07) is 0. The zero-order valence-electron chi connectivity index (χ0n) is 12.3. The number of rotatable bonds is 2. The molecule has 0 spiro atoms. The maximum Gasteiger partial charge on any atom is 0.426 e.